The van der Waals surface area contributed by atoms with Gasteiger partial charge in [-0.2, -0.15) is 0 Å². The zero-order chi connectivity index (χ0) is 20.6. The van der Waals surface area contributed by atoms with E-state index in [2.05, 4.69) is 81.2 Å². The van der Waals surface area contributed by atoms with Crippen molar-refractivity contribution in [3.63, 3.8) is 0 Å². The first-order chi connectivity index (χ1) is 12.9. The van der Waals surface area contributed by atoms with E-state index in [0.717, 1.165) is 42.7 Å². The highest BCUT2D eigenvalue weighted by Crippen LogP contribution is 2.32. The minimum atomic E-state index is -0.155. The van der Waals surface area contributed by atoms with Crippen molar-refractivity contribution >= 4 is 5.71 Å². The molecule has 2 aliphatic heterocycles. The van der Waals surface area contributed by atoms with E-state index in [1.54, 1.807) is 0 Å². The van der Waals surface area contributed by atoms with E-state index in [1.807, 2.05) is 6.20 Å². The first-order valence-corrected chi connectivity index (χ1v) is 10.4. The number of aryl methyl sites for hydroxylation is 1. The summed E-state index contributed by atoms with van der Waals surface area (Å²) in [5.41, 5.74) is 9.38. The van der Waals surface area contributed by atoms with Crippen LogP contribution in [0.2, 0.25) is 0 Å². The number of allylic oxidation sites excluding steroid dienone is 1. The molecule has 0 spiro atoms. The van der Waals surface area contributed by atoms with E-state index < -0.39 is 0 Å². The van der Waals surface area contributed by atoms with Gasteiger partial charge < -0.3 is 16.0 Å². The molecule has 1 fully saturated rings. The van der Waals surface area contributed by atoms with Crippen molar-refractivity contribution in [3.8, 4) is 0 Å². The number of aromatic nitrogens is 1. The van der Waals surface area contributed by atoms with Gasteiger partial charge in [0.25, 0.3) is 0 Å². The third kappa shape index (κ3) is 5.65. The van der Waals surface area contributed by atoms with Crippen molar-refractivity contribution in [3.05, 3.63) is 41.9 Å². The molecule has 28 heavy (non-hydrogen) atoms. The third-order valence-corrected chi connectivity index (χ3v) is 5.61. The Labute approximate surface area is 170 Å². The molecular weight excluding hydrogens is 346 g/mol. The Morgan fingerprint density at radius 2 is 1.86 bits per heavy atom. The minimum Gasteiger partial charge on any atom is -0.355 e. The summed E-state index contributed by atoms with van der Waals surface area (Å²) in [6.45, 7) is 14.0. The monoisotopic (exact) mass is 383 g/mol. The second-order valence-corrected chi connectivity index (χ2v) is 10.5. The SMILES string of the molecule is CC(C)(N)CCc1ccc(C2=NCN(C3CC(C)(C)NC(C)(C)C3)C=C2)cn1. The number of rotatable bonds is 5. The maximum absolute atomic E-state index is 6.07. The predicted octanol–water partition coefficient (Wildman–Crippen LogP) is 3.64. The summed E-state index contributed by atoms with van der Waals surface area (Å²) in [4.78, 5) is 11.8. The highest BCUT2D eigenvalue weighted by atomic mass is 15.2. The number of nitrogens with zero attached hydrogens (tertiary/aromatic N) is 3. The molecule has 0 radical (unpaired) electrons. The van der Waals surface area contributed by atoms with E-state index >= 15 is 0 Å². The fourth-order valence-corrected chi connectivity index (χ4v) is 4.53. The van der Waals surface area contributed by atoms with Gasteiger partial charge >= 0.3 is 0 Å². The number of nitrogens with two attached hydrogens (primary N) is 1. The van der Waals surface area contributed by atoms with Gasteiger partial charge in [-0.05, 0) is 85.4 Å². The maximum Gasteiger partial charge on any atom is 0.110 e. The summed E-state index contributed by atoms with van der Waals surface area (Å²) in [5.74, 6) is 0. The summed E-state index contributed by atoms with van der Waals surface area (Å²) in [6, 6.07) is 4.73. The Balaban J connectivity index is 1.62. The van der Waals surface area contributed by atoms with Crippen molar-refractivity contribution in [1.29, 1.82) is 0 Å². The minimum absolute atomic E-state index is 0.141. The lowest BCUT2D eigenvalue weighted by molar-refractivity contribution is 0.0938. The molecule has 0 amide bonds. The van der Waals surface area contributed by atoms with Crippen LogP contribution in [0, 0.1) is 0 Å². The normalized spacial score (nSPS) is 22.2. The average Bonchev–Trinajstić information content (AvgIpc) is 2.57. The number of hydrogen-bond donors (Lipinski definition) is 2. The Kier molecular flexibility index (Phi) is 5.70. The van der Waals surface area contributed by atoms with Crippen LogP contribution in [0.1, 0.15) is 72.1 Å². The van der Waals surface area contributed by atoms with Crippen molar-refractivity contribution in [2.24, 2.45) is 10.7 Å². The van der Waals surface area contributed by atoms with Crippen LogP contribution in [0.4, 0.5) is 0 Å². The summed E-state index contributed by atoms with van der Waals surface area (Å²) in [6.07, 6.45) is 10.4. The number of pyridine rings is 1. The van der Waals surface area contributed by atoms with Crippen LogP contribution in [-0.2, 0) is 6.42 Å². The molecule has 3 heterocycles. The molecule has 5 heteroatoms. The fourth-order valence-electron chi connectivity index (χ4n) is 4.53. The highest BCUT2D eigenvalue weighted by molar-refractivity contribution is 6.08. The lowest BCUT2D eigenvalue weighted by Gasteiger charge is -2.49. The molecule has 0 unspecified atom stereocenters. The van der Waals surface area contributed by atoms with Crippen molar-refractivity contribution in [1.82, 2.24) is 15.2 Å². The van der Waals surface area contributed by atoms with Gasteiger partial charge in [-0.1, -0.05) is 0 Å². The molecule has 0 saturated carbocycles. The molecule has 5 nitrogen and oxygen atoms in total. The Morgan fingerprint density at radius 1 is 1.18 bits per heavy atom. The Morgan fingerprint density at radius 3 is 2.36 bits per heavy atom. The zero-order valence-corrected chi connectivity index (χ0v) is 18.4. The maximum atomic E-state index is 6.07. The first kappa shape index (κ1) is 21.0. The number of nitrogens with one attached hydrogen (secondary N) is 1. The number of aliphatic imine (C=N–C) groups is 1. The second-order valence-electron chi connectivity index (χ2n) is 10.5. The molecule has 3 rings (SSSR count). The van der Waals surface area contributed by atoms with Gasteiger partial charge in [-0.15, -0.1) is 0 Å². The van der Waals surface area contributed by atoms with Crippen LogP contribution in [0.5, 0.6) is 0 Å². The van der Waals surface area contributed by atoms with Crippen molar-refractivity contribution in [2.45, 2.75) is 89.9 Å². The predicted molar refractivity (Wildman–Crippen MR) is 118 cm³/mol. The Bertz CT molecular complexity index is 721. The molecule has 0 aromatic carbocycles. The van der Waals surface area contributed by atoms with Gasteiger partial charge in [0.2, 0.25) is 0 Å². The van der Waals surface area contributed by atoms with E-state index in [0.29, 0.717) is 12.7 Å². The van der Waals surface area contributed by atoms with Crippen LogP contribution in [0.15, 0.2) is 35.6 Å². The molecule has 0 aliphatic carbocycles. The van der Waals surface area contributed by atoms with Crippen molar-refractivity contribution < 1.29 is 0 Å². The van der Waals surface area contributed by atoms with Crippen LogP contribution in [0.3, 0.4) is 0 Å². The molecule has 154 valence electrons. The van der Waals surface area contributed by atoms with Crippen LogP contribution < -0.4 is 11.1 Å². The van der Waals surface area contributed by atoms with Gasteiger partial charge in [0.1, 0.15) is 6.67 Å². The van der Waals surface area contributed by atoms with E-state index in [-0.39, 0.29) is 16.6 Å². The quantitative estimate of drug-likeness (QED) is 0.815. The van der Waals surface area contributed by atoms with Gasteiger partial charge in [-0.25, -0.2) is 0 Å². The average molecular weight is 384 g/mol. The topological polar surface area (TPSA) is 66.5 Å². The molecule has 0 bridgehead atoms. The smallest absolute Gasteiger partial charge is 0.110 e. The van der Waals surface area contributed by atoms with Gasteiger partial charge in [0, 0.05) is 46.3 Å². The van der Waals surface area contributed by atoms with E-state index in [4.69, 9.17) is 10.7 Å². The van der Waals surface area contributed by atoms with E-state index in [1.165, 1.54) is 0 Å². The fraction of sp³-hybridized carbons (Fsp3) is 0.652. The van der Waals surface area contributed by atoms with Crippen LogP contribution in [-0.4, -0.2) is 44.9 Å². The van der Waals surface area contributed by atoms with Gasteiger partial charge in [0.05, 0.1) is 5.71 Å². The molecule has 1 aromatic rings. The van der Waals surface area contributed by atoms with Crippen LogP contribution in [0.25, 0.3) is 0 Å². The van der Waals surface area contributed by atoms with Gasteiger partial charge in [-0.3, -0.25) is 9.98 Å². The summed E-state index contributed by atoms with van der Waals surface area (Å²) >= 11 is 0. The molecule has 3 N–H and O–H groups in total. The molecule has 2 aliphatic rings. The molecular formula is C23H37N5. The molecule has 0 atom stereocenters. The molecule has 1 aromatic heterocycles. The van der Waals surface area contributed by atoms with E-state index in [9.17, 15) is 0 Å². The van der Waals surface area contributed by atoms with Gasteiger partial charge in [0.15, 0.2) is 0 Å². The summed E-state index contributed by atoms with van der Waals surface area (Å²) in [5, 5.41) is 3.76. The number of piperidine rings is 1. The van der Waals surface area contributed by atoms with Crippen molar-refractivity contribution in [2.75, 3.05) is 6.67 Å². The lowest BCUT2D eigenvalue weighted by atomic mass is 9.79. The lowest BCUT2D eigenvalue weighted by Crippen LogP contribution is -2.61. The Hall–Kier alpha value is -1.72. The third-order valence-electron chi connectivity index (χ3n) is 5.61. The molecule has 1 saturated heterocycles. The first-order valence-electron chi connectivity index (χ1n) is 10.4. The summed E-state index contributed by atoms with van der Waals surface area (Å²) in [7, 11) is 0. The highest BCUT2D eigenvalue weighted by Gasteiger charge is 2.39. The van der Waals surface area contributed by atoms with Crippen LogP contribution >= 0.6 is 0 Å². The standard InChI is InChI=1S/C23H37N5/c1-21(2,24)11-9-18-8-7-17(15-25-18)20-10-12-28(16-26-20)19-13-22(3,4)27-23(5,6)14-19/h7-8,10,12,15,19,27H,9,11,13-14,16,24H2,1-6H3. The second kappa shape index (κ2) is 7.60. The number of hydrogen-bond acceptors (Lipinski definition) is 5. The largest absolute Gasteiger partial charge is 0.355 e. The summed E-state index contributed by atoms with van der Waals surface area (Å²) < 4.78 is 0. The zero-order valence-electron chi connectivity index (χ0n) is 18.4.